The zero-order valence-electron chi connectivity index (χ0n) is 21.5. The third kappa shape index (κ3) is 18.4. The maximum atomic E-state index is 9.58. The second-order valence-corrected chi connectivity index (χ2v) is 9.46. The molecular formula is C22H53N7O. The van der Waals surface area contributed by atoms with E-state index in [0.717, 1.165) is 85.1 Å². The number of nitrogens with zero attached hydrogens (tertiary/aromatic N) is 7. The van der Waals surface area contributed by atoms with Crippen LogP contribution in [0.1, 0.15) is 0 Å². The lowest BCUT2D eigenvalue weighted by Gasteiger charge is -2.31. The number of aliphatic hydroxyl groups excluding tert-OH is 1. The Labute approximate surface area is 188 Å². The molecule has 0 aliphatic rings. The molecule has 8 nitrogen and oxygen atoms in total. The van der Waals surface area contributed by atoms with E-state index in [4.69, 9.17) is 0 Å². The Kier molecular flexibility index (Phi) is 18.1. The summed E-state index contributed by atoms with van der Waals surface area (Å²) in [7, 11) is 17.1. The molecule has 0 fully saturated rings. The van der Waals surface area contributed by atoms with Crippen LogP contribution in [0.2, 0.25) is 0 Å². The van der Waals surface area contributed by atoms with Crippen molar-refractivity contribution in [2.24, 2.45) is 0 Å². The number of likely N-dealkylation sites (N-methyl/N-ethyl adjacent to an activating group) is 4. The first kappa shape index (κ1) is 29.7. The number of rotatable bonds is 20. The highest BCUT2D eigenvalue weighted by Gasteiger charge is 2.13. The summed E-state index contributed by atoms with van der Waals surface area (Å²) in [5.74, 6) is 0. The van der Waals surface area contributed by atoms with Crippen molar-refractivity contribution in [3.05, 3.63) is 0 Å². The molecule has 0 radical (unpaired) electrons. The van der Waals surface area contributed by atoms with Crippen LogP contribution in [0.25, 0.3) is 0 Å². The minimum absolute atomic E-state index is 0.227. The Morgan fingerprint density at radius 3 is 0.733 bits per heavy atom. The van der Waals surface area contributed by atoms with E-state index in [-0.39, 0.29) is 6.61 Å². The largest absolute Gasteiger partial charge is 0.395 e. The summed E-state index contributed by atoms with van der Waals surface area (Å²) < 4.78 is 0. The molecule has 0 saturated carbocycles. The van der Waals surface area contributed by atoms with Crippen LogP contribution >= 0.6 is 0 Å². The van der Waals surface area contributed by atoms with Gasteiger partial charge in [-0.25, -0.2) is 0 Å². The van der Waals surface area contributed by atoms with Gasteiger partial charge in [0.15, 0.2) is 0 Å². The average molecular weight is 432 g/mol. The van der Waals surface area contributed by atoms with Crippen LogP contribution in [0, 0.1) is 0 Å². The molecule has 0 heterocycles. The molecule has 0 aliphatic carbocycles. The predicted molar refractivity (Wildman–Crippen MR) is 131 cm³/mol. The van der Waals surface area contributed by atoms with Gasteiger partial charge in [-0.15, -0.1) is 0 Å². The van der Waals surface area contributed by atoms with E-state index in [0.29, 0.717) is 0 Å². The minimum Gasteiger partial charge on any atom is -0.395 e. The molecule has 0 spiro atoms. The molecular weight excluding hydrogens is 378 g/mol. The standard InChI is InChI=1S/C22H53N7O/c1-23(2)9-13-27(14-10-24(3)4)17-19-29(21-22-30)20-18-28(15-11-25(5)6)16-12-26(7)8/h30H,9-22H2,1-8H3. The number of hydrogen-bond donors (Lipinski definition) is 1. The molecule has 0 atom stereocenters. The summed E-state index contributed by atoms with van der Waals surface area (Å²) in [6.07, 6.45) is 0. The van der Waals surface area contributed by atoms with Gasteiger partial charge in [-0.05, 0) is 56.4 Å². The van der Waals surface area contributed by atoms with Crippen molar-refractivity contribution in [1.29, 1.82) is 0 Å². The highest BCUT2D eigenvalue weighted by Crippen LogP contribution is 1.98. The van der Waals surface area contributed by atoms with Crippen molar-refractivity contribution in [1.82, 2.24) is 34.3 Å². The fourth-order valence-corrected chi connectivity index (χ4v) is 3.08. The molecule has 0 aromatic heterocycles. The maximum Gasteiger partial charge on any atom is 0.0558 e. The topological polar surface area (TPSA) is 42.9 Å². The minimum atomic E-state index is 0.227. The summed E-state index contributed by atoms with van der Waals surface area (Å²) in [4.78, 5) is 16.5. The van der Waals surface area contributed by atoms with Gasteiger partial charge in [0.25, 0.3) is 0 Å². The molecule has 0 aliphatic heterocycles. The second kappa shape index (κ2) is 18.3. The van der Waals surface area contributed by atoms with Crippen LogP contribution in [-0.2, 0) is 0 Å². The molecule has 0 amide bonds. The number of hydrogen-bond acceptors (Lipinski definition) is 8. The number of aliphatic hydroxyl groups is 1. The average Bonchev–Trinajstić information content (AvgIpc) is 2.65. The summed E-state index contributed by atoms with van der Waals surface area (Å²) in [5, 5.41) is 9.58. The van der Waals surface area contributed by atoms with Crippen LogP contribution in [0.4, 0.5) is 0 Å². The van der Waals surface area contributed by atoms with Crippen LogP contribution in [-0.4, -0.2) is 187 Å². The van der Waals surface area contributed by atoms with Crippen LogP contribution < -0.4 is 0 Å². The van der Waals surface area contributed by atoms with Crippen LogP contribution in [0.5, 0.6) is 0 Å². The molecule has 0 bridgehead atoms. The summed E-state index contributed by atoms with van der Waals surface area (Å²) in [5.41, 5.74) is 0. The van der Waals surface area contributed by atoms with Crippen molar-refractivity contribution >= 4 is 0 Å². The first-order chi connectivity index (χ1) is 14.1. The van der Waals surface area contributed by atoms with Crippen LogP contribution in [0.3, 0.4) is 0 Å². The van der Waals surface area contributed by atoms with Crippen molar-refractivity contribution in [2.75, 3.05) is 148 Å². The zero-order valence-corrected chi connectivity index (χ0v) is 21.5. The van der Waals surface area contributed by atoms with Gasteiger partial charge in [0.1, 0.15) is 0 Å². The fraction of sp³-hybridized carbons (Fsp3) is 1.00. The highest BCUT2D eigenvalue weighted by atomic mass is 16.3. The van der Waals surface area contributed by atoms with E-state index in [2.05, 4.69) is 90.7 Å². The first-order valence-corrected chi connectivity index (χ1v) is 11.5. The Morgan fingerprint density at radius 2 is 0.533 bits per heavy atom. The lowest BCUT2D eigenvalue weighted by molar-refractivity contribution is 0.137. The van der Waals surface area contributed by atoms with Crippen molar-refractivity contribution in [3.63, 3.8) is 0 Å². The van der Waals surface area contributed by atoms with Gasteiger partial charge >= 0.3 is 0 Å². The fourth-order valence-electron chi connectivity index (χ4n) is 3.08. The van der Waals surface area contributed by atoms with Crippen LogP contribution in [0.15, 0.2) is 0 Å². The molecule has 0 aromatic rings. The molecule has 0 rings (SSSR count). The Bertz CT molecular complexity index is 324. The monoisotopic (exact) mass is 431 g/mol. The summed E-state index contributed by atoms with van der Waals surface area (Å²) in [6.45, 7) is 13.8. The summed E-state index contributed by atoms with van der Waals surface area (Å²) in [6, 6.07) is 0. The zero-order chi connectivity index (χ0) is 22.9. The SMILES string of the molecule is CN(C)CCN(CCN(C)C)CCN(CCO)CCN(CCN(C)C)CCN(C)C. The molecule has 30 heavy (non-hydrogen) atoms. The van der Waals surface area contributed by atoms with E-state index < -0.39 is 0 Å². The van der Waals surface area contributed by atoms with E-state index >= 15 is 0 Å². The quantitative estimate of drug-likeness (QED) is 0.267. The highest BCUT2D eigenvalue weighted by molar-refractivity contribution is 4.69. The Balaban J connectivity index is 4.66. The van der Waals surface area contributed by atoms with Gasteiger partial charge in [-0.1, -0.05) is 0 Å². The third-order valence-electron chi connectivity index (χ3n) is 5.33. The maximum absolute atomic E-state index is 9.58. The van der Waals surface area contributed by atoms with E-state index in [1.807, 2.05) is 0 Å². The lowest BCUT2D eigenvalue weighted by Crippen LogP contribution is -2.45. The Morgan fingerprint density at radius 1 is 0.333 bits per heavy atom. The molecule has 0 aromatic carbocycles. The smallest absolute Gasteiger partial charge is 0.0558 e. The van der Waals surface area contributed by atoms with Gasteiger partial charge in [-0.2, -0.15) is 0 Å². The Hall–Kier alpha value is -0.320. The van der Waals surface area contributed by atoms with E-state index in [1.54, 1.807) is 0 Å². The predicted octanol–water partition coefficient (Wildman–Crippen LogP) is -0.869. The van der Waals surface area contributed by atoms with Crippen molar-refractivity contribution < 1.29 is 5.11 Å². The van der Waals surface area contributed by atoms with Crippen molar-refractivity contribution in [3.8, 4) is 0 Å². The first-order valence-electron chi connectivity index (χ1n) is 11.5. The van der Waals surface area contributed by atoms with Gasteiger partial charge in [0, 0.05) is 85.1 Å². The summed E-state index contributed by atoms with van der Waals surface area (Å²) >= 11 is 0. The molecule has 1 N–H and O–H groups in total. The normalized spacial score (nSPS) is 12.8. The lowest BCUT2D eigenvalue weighted by atomic mass is 10.3. The van der Waals surface area contributed by atoms with Gasteiger partial charge in [0.05, 0.1) is 6.61 Å². The van der Waals surface area contributed by atoms with E-state index in [1.165, 1.54) is 0 Å². The third-order valence-corrected chi connectivity index (χ3v) is 5.33. The van der Waals surface area contributed by atoms with Gasteiger partial charge in [0.2, 0.25) is 0 Å². The molecule has 8 heteroatoms. The molecule has 0 saturated heterocycles. The molecule has 182 valence electrons. The second-order valence-electron chi connectivity index (χ2n) is 9.46. The molecule has 0 unspecified atom stereocenters. The van der Waals surface area contributed by atoms with Crippen molar-refractivity contribution in [2.45, 2.75) is 0 Å². The van der Waals surface area contributed by atoms with Gasteiger partial charge in [-0.3, -0.25) is 14.7 Å². The van der Waals surface area contributed by atoms with Gasteiger partial charge < -0.3 is 24.7 Å². The van der Waals surface area contributed by atoms with E-state index in [9.17, 15) is 5.11 Å².